The van der Waals surface area contributed by atoms with E-state index in [1.807, 2.05) is 6.08 Å². The molecule has 0 radical (unpaired) electrons. The van der Waals surface area contributed by atoms with E-state index in [-0.39, 0.29) is 5.54 Å². The van der Waals surface area contributed by atoms with Crippen LogP contribution in [0.1, 0.15) is 20.3 Å². The summed E-state index contributed by atoms with van der Waals surface area (Å²) in [6.45, 7) is 10.2. The van der Waals surface area contributed by atoms with Gasteiger partial charge in [0.15, 0.2) is 0 Å². The van der Waals surface area contributed by atoms with Crippen LogP contribution in [0.4, 0.5) is 0 Å². The van der Waals surface area contributed by atoms with Crippen molar-refractivity contribution < 1.29 is 0 Å². The van der Waals surface area contributed by atoms with Gasteiger partial charge in [0.05, 0.1) is 0 Å². The molecule has 1 unspecified atom stereocenters. The molecular formula is C9H18N2. The predicted molar refractivity (Wildman–Crippen MR) is 48.4 cm³/mol. The van der Waals surface area contributed by atoms with Crippen molar-refractivity contribution in [2.45, 2.75) is 31.8 Å². The zero-order valence-corrected chi connectivity index (χ0v) is 7.51. The topological polar surface area (TPSA) is 29.3 Å². The average molecular weight is 154 g/mol. The van der Waals surface area contributed by atoms with Crippen LogP contribution in [0.25, 0.3) is 0 Å². The zero-order valence-electron chi connectivity index (χ0n) is 7.51. The first kappa shape index (κ1) is 8.75. The molecular weight excluding hydrogens is 136 g/mol. The van der Waals surface area contributed by atoms with E-state index in [1.54, 1.807) is 0 Å². The normalized spacial score (nSPS) is 30.6. The van der Waals surface area contributed by atoms with Gasteiger partial charge in [-0.1, -0.05) is 6.08 Å². The first-order valence-corrected chi connectivity index (χ1v) is 4.18. The van der Waals surface area contributed by atoms with Crippen molar-refractivity contribution in [2.75, 3.05) is 13.1 Å². The quantitative estimate of drug-likeness (QED) is 0.601. The predicted octanol–water partition coefficient (Wildman–Crippen LogP) is 0.984. The zero-order chi connectivity index (χ0) is 8.48. The Hall–Kier alpha value is -0.340. The van der Waals surface area contributed by atoms with Gasteiger partial charge in [0, 0.05) is 24.7 Å². The second-order valence-corrected chi connectivity index (χ2v) is 3.97. The van der Waals surface area contributed by atoms with E-state index in [2.05, 4.69) is 25.3 Å². The van der Waals surface area contributed by atoms with Crippen LogP contribution in [0.2, 0.25) is 0 Å². The van der Waals surface area contributed by atoms with E-state index >= 15 is 0 Å². The second-order valence-electron chi connectivity index (χ2n) is 3.97. The summed E-state index contributed by atoms with van der Waals surface area (Å²) < 4.78 is 0. The smallest absolute Gasteiger partial charge is 0.0185 e. The molecule has 1 rings (SSSR count). The molecule has 0 bridgehead atoms. The molecule has 1 fully saturated rings. The van der Waals surface area contributed by atoms with E-state index in [9.17, 15) is 0 Å². The highest BCUT2D eigenvalue weighted by molar-refractivity contribution is 4.96. The van der Waals surface area contributed by atoms with Crippen LogP contribution in [0.5, 0.6) is 0 Å². The minimum Gasteiger partial charge on any atom is -0.326 e. The van der Waals surface area contributed by atoms with Gasteiger partial charge in [-0.25, -0.2) is 0 Å². The van der Waals surface area contributed by atoms with Crippen LogP contribution >= 0.6 is 0 Å². The van der Waals surface area contributed by atoms with Gasteiger partial charge in [-0.15, -0.1) is 6.58 Å². The third kappa shape index (κ3) is 1.82. The lowest BCUT2D eigenvalue weighted by Gasteiger charge is -2.29. The molecule has 11 heavy (non-hydrogen) atoms. The highest BCUT2D eigenvalue weighted by atomic mass is 15.2. The van der Waals surface area contributed by atoms with Gasteiger partial charge < -0.3 is 5.73 Å². The molecule has 1 aliphatic rings. The SMILES string of the molecule is C=CCN1CC(N)CC1(C)C. The van der Waals surface area contributed by atoms with E-state index in [0.717, 1.165) is 19.5 Å². The number of nitrogens with two attached hydrogens (primary N) is 1. The molecule has 0 amide bonds. The Morgan fingerprint density at radius 1 is 1.73 bits per heavy atom. The summed E-state index contributed by atoms with van der Waals surface area (Å²) in [4.78, 5) is 2.38. The average Bonchev–Trinajstić information content (AvgIpc) is 2.07. The Morgan fingerprint density at radius 2 is 2.36 bits per heavy atom. The Balaban J connectivity index is 2.58. The summed E-state index contributed by atoms with van der Waals surface area (Å²) in [6, 6.07) is 0.352. The Kier molecular flexibility index (Phi) is 2.35. The van der Waals surface area contributed by atoms with Crippen LogP contribution in [-0.4, -0.2) is 29.6 Å². The molecule has 0 spiro atoms. The van der Waals surface area contributed by atoms with Crippen molar-refractivity contribution in [1.82, 2.24) is 4.90 Å². The molecule has 2 N–H and O–H groups in total. The van der Waals surface area contributed by atoms with Gasteiger partial charge in [0.2, 0.25) is 0 Å². The first-order chi connectivity index (χ1) is 5.06. The van der Waals surface area contributed by atoms with Crippen molar-refractivity contribution in [1.29, 1.82) is 0 Å². The fourth-order valence-electron chi connectivity index (χ4n) is 1.84. The molecule has 0 aromatic rings. The second kappa shape index (κ2) is 2.95. The summed E-state index contributed by atoms with van der Waals surface area (Å²) in [7, 11) is 0. The fraction of sp³-hybridized carbons (Fsp3) is 0.778. The maximum atomic E-state index is 5.86. The van der Waals surface area contributed by atoms with Crippen molar-refractivity contribution in [3.63, 3.8) is 0 Å². The van der Waals surface area contributed by atoms with Gasteiger partial charge in [0.1, 0.15) is 0 Å². The Bertz CT molecular complexity index is 152. The number of hydrogen-bond acceptors (Lipinski definition) is 2. The number of hydrogen-bond donors (Lipinski definition) is 1. The van der Waals surface area contributed by atoms with E-state index in [0.29, 0.717) is 6.04 Å². The summed E-state index contributed by atoms with van der Waals surface area (Å²) >= 11 is 0. The molecule has 0 aromatic carbocycles. The molecule has 2 heteroatoms. The summed E-state index contributed by atoms with van der Waals surface area (Å²) in [5.41, 5.74) is 6.13. The van der Waals surface area contributed by atoms with Crippen LogP contribution in [0, 0.1) is 0 Å². The van der Waals surface area contributed by atoms with Crippen molar-refractivity contribution in [3.8, 4) is 0 Å². The van der Waals surface area contributed by atoms with Gasteiger partial charge >= 0.3 is 0 Å². The summed E-state index contributed by atoms with van der Waals surface area (Å²) in [6.07, 6.45) is 3.04. The largest absolute Gasteiger partial charge is 0.326 e. The lowest BCUT2D eigenvalue weighted by molar-refractivity contribution is 0.195. The summed E-state index contributed by atoms with van der Waals surface area (Å²) in [5.74, 6) is 0. The van der Waals surface area contributed by atoms with Gasteiger partial charge in [0.25, 0.3) is 0 Å². The maximum Gasteiger partial charge on any atom is 0.0185 e. The molecule has 1 aliphatic heterocycles. The standard InChI is InChI=1S/C9H18N2/c1-4-5-11-7-8(10)6-9(11,2)3/h4,8H,1,5-7,10H2,2-3H3. The minimum atomic E-state index is 0.271. The minimum absolute atomic E-state index is 0.271. The Morgan fingerprint density at radius 3 is 2.73 bits per heavy atom. The van der Waals surface area contributed by atoms with E-state index in [4.69, 9.17) is 5.73 Å². The van der Waals surface area contributed by atoms with Gasteiger partial charge in [-0.3, -0.25) is 4.90 Å². The molecule has 0 aliphatic carbocycles. The van der Waals surface area contributed by atoms with Crippen molar-refractivity contribution in [2.24, 2.45) is 5.73 Å². The third-order valence-electron chi connectivity index (χ3n) is 2.42. The lowest BCUT2D eigenvalue weighted by atomic mass is 10.0. The van der Waals surface area contributed by atoms with Crippen LogP contribution in [0.3, 0.4) is 0 Å². The maximum absolute atomic E-state index is 5.86. The highest BCUT2D eigenvalue weighted by Crippen LogP contribution is 2.26. The molecule has 1 atom stereocenters. The molecule has 1 saturated heterocycles. The monoisotopic (exact) mass is 154 g/mol. The molecule has 0 saturated carbocycles. The third-order valence-corrected chi connectivity index (χ3v) is 2.42. The number of nitrogens with zero attached hydrogens (tertiary/aromatic N) is 1. The van der Waals surface area contributed by atoms with Crippen molar-refractivity contribution >= 4 is 0 Å². The van der Waals surface area contributed by atoms with Crippen LogP contribution in [-0.2, 0) is 0 Å². The lowest BCUT2D eigenvalue weighted by Crippen LogP contribution is -2.38. The molecule has 64 valence electrons. The molecule has 2 nitrogen and oxygen atoms in total. The molecule has 1 heterocycles. The van der Waals surface area contributed by atoms with E-state index in [1.165, 1.54) is 0 Å². The molecule has 0 aromatic heterocycles. The first-order valence-electron chi connectivity index (χ1n) is 4.18. The van der Waals surface area contributed by atoms with Crippen LogP contribution in [0.15, 0.2) is 12.7 Å². The van der Waals surface area contributed by atoms with Gasteiger partial charge in [-0.05, 0) is 20.3 Å². The fourth-order valence-corrected chi connectivity index (χ4v) is 1.84. The number of likely N-dealkylation sites (tertiary alicyclic amines) is 1. The Labute approximate surface area is 69.1 Å². The van der Waals surface area contributed by atoms with Crippen LogP contribution < -0.4 is 5.73 Å². The van der Waals surface area contributed by atoms with E-state index < -0.39 is 0 Å². The summed E-state index contributed by atoms with van der Waals surface area (Å²) in [5, 5.41) is 0. The number of rotatable bonds is 2. The van der Waals surface area contributed by atoms with Gasteiger partial charge in [-0.2, -0.15) is 0 Å². The highest BCUT2D eigenvalue weighted by Gasteiger charge is 2.35. The van der Waals surface area contributed by atoms with Crippen molar-refractivity contribution in [3.05, 3.63) is 12.7 Å².